The SMILES string of the molecule is CCC(C)NC(=O)C(Cc1ccccc1)N(Cc1cccc(Br)c1)C(=O)CN(c1cc(Cl)ccc1C)S(C)(=O)=O. The zero-order chi connectivity index (χ0) is 29.4. The number of carbonyl (C=O) groups excluding carboxylic acids is 2. The molecule has 214 valence electrons. The third kappa shape index (κ3) is 8.81. The van der Waals surface area contributed by atoms with Gasteiger partial charge in [0, 0.05) is 28.5 Å². The normalized spacial score (nSPS) is 12.8. The van der Waals surface area contributed by atoms with Crippen LogP contribution in [0.4, 0.5) is 5.69 Å². The predicted octanol–water partition coefficient (Wildman–Crippen LogP) is 5.73. The van der Waals surface area contributed by atoms with Crippen LogP contribution in [0, 0.1) is 6.92 Å². The molecule has 0 aliphatic heterocycles. The van der Waals surface area contributed by atoms with Crippen molar-refractivity contribution >= 4 is 55.1 Å². The fraction of sp³-hybridized carbons (Fsp3) is 0.333. The Morgan fingerprint density at radius 2 is 1.68 bits per heavy atom. The lowest BCUT2D eigenvalue weighted by Gasteiger charge is -2.34. The van der Waals surface area contributed by atoms with Gasteiger partial charge in [0.25, 0.3) is 0 Å². The van der Waals surface area contributed by atoms with E-state index in [2.05, 4.69) is 21.2 Å². The summed E-state index contributed by atoms with van der Waals surface area (Å²) in [4.78, 5) is 29.3. The molecule has 40 heavy (non-hydrogen) atoms. The average molecular weight is 649 g/mol. The van der Waals surface area contributed by atoms with Crippen LogP contribution in [0.15, 0.2) is 77.3 Å². The molecule has 0 aliphatic carbocycles. The van der Waals surface area contributed by atoms with E-state index in [4.69, 9.17) is 11.6 Å². The van der Waals surface area contributed by atoms with Gasteiger partial charge in [0.2, 0.25) is 21.8 Å². The van der Waals surface area contributed by atoms with E-state index in [-0.39, 0.29) is 24.9 Å². The number of anilines is 1. The van der Waals surface area contributed by atoms with E-state index < -0.39 is 28.5 Å². The minimum absolute atomic E-state index is 0.102. The van der Waals surface area contributed by atoms with Crippen LogP contribution in [-0.2, 0) is 32.6 Å². The van der Waals surface area contributed by atoms with Crippen molar-refractivity contribution < 1.29 is 18.0 Å². The Bertz CT molecular complexity index is 1440. The largest absolute Gasteiger partial charge is 0.352 e. The van der Waals surface area contributed by atoms with E-state index in [1.807, 2.05) is 68.4 Å². The highest BCUT2D eigenvalue weighted by molar-refractivity contribution is 9.10. The summed E-state index contributed by atoms with van der Waals surface area (Å²) in [5, 5.41) is 3.37. The molecule has 0 saturated heterocycles. The Balaban J connectivity index is 2.09. The molecule has 10 heteroatoms. The number of aryl methyl sites for hydroxylation is 1. The molecule has 7 nitrogen and oxygen atoms in total. The molecule has 1 N–H and O–H groups in total. The van der Waals surface area contributed by atoms with E-state index in [0.29, 0.717) is 16.3 Å². The lowest BCUT2D eigenvalue weighted by Crippen LogP contribution is -2.54. The van der Waals surface area contributed by atoms with Gasteiger partial charge < -0.3 is 10.2 Å². The van der Waals surface area contributed by atoms with Gasteiger partial charge in [-0.3, -0.25) is 13.9 Å². The quantitative estimate of drug-likeness (QED) is 0.272. The van der Waals surface area contributed by atoms with E-state index in [0.717, 1.165) is 32.6 Å². The van der Waals surface area contributed by atoms with Gasteiger partial charge in [0.05, 0.1) is 11.9 Å². The molecule has 0 bridgehead atoms. The summed E-state index contributed by atoms with van der Waals surface area (Å²) in [5.41, 5.74) is 2.64. The van der Waals surface area contributed by atoms with E-state index in [9.17, 15) is 18.0 Å². The van der Waals surface area contributed by atoms with Crippen LogP contribution in [0.25, 0.3) is 0 Å². The van der Waals surface area contributed by atoms with Gasteiger partial charge in [-0.05, 0) is 61.2 Å². The Hall–Kier alpha value is -2.88. The first-order chi connectivity index (χ1) is 18.9. The molecule has 0 spiro atoms. The smallest absolute Gasteiger partial charge is 0.244 e. The number of benzene rings is 3. The topological polar surface area (TPSA) is 86.8 Å². The third-order valence-electron chi connectivity index (χ3n) is 6.63. The van der Waals surface area contributed by atoms with Crippen molar-refractivity contribution in [3.63, 3.8) is 0 Å². The highest BCUT2D eigenvalue weighted by Crippen LogP contribution is 2.27. The van der Waals surface area contributed by atoms with Crippen molar-refractivity contribution in [3.05, 3.63) is 99.0 Å². The molecule has 0 saturated carbocycles. The minimum Gasteiger partial charge on any atom is -0.352 e. The Morgan fingerprint density at radius 1 is 1.00 bits per heavy atom. The van der Waals surface area contributed by atoms with Crippen molar-refractivity contribution in [1.82, 2.24) is 10.2 Å². The second-order valence-electron chi connectivity index (χ2n) is 9.88. The van der Waals surface area contributed by atoms with Gasteiger partial charge in [-0.2, -0.15) is 0 Å². The minimum atomic E-state index is -3.87. The first kappa shape index (κ1) is 31.6. The summed E-state index contributed by atoms with van der Waals surface area (Å²) in [6, 6.07) is 20.8. The molecule has 0 aliphatic rings. The molecule has 3 aromatic rings. The number of amides is 2. The second-order valence-corrected chi connectivity index (χ2v) is 13.1. The molecule has 3 aromatic carbocycles. The van der Waals surface area contributed by atoms with Crippen LogP contribution < -0.4 is 9.62 Å². The highest BCUT2D eigenvalue weighted by atomic mass is 79.9. The van der Waals surface area contributed by atoms with Gasteiger partial charge in [0.15, 0.2) is 0 Å². The second kappa shape index (κ2) is 14.1. The van der Waals surface area contributed by atoms with E-state index in [1.165, 1.54) is 11.0 Å². The molecule has 0 aromatic heterocycles. The Labute approximate surface area is 250 Å². The first-order valence-electron chi connectivity index (χ1n) is 13.0. The van der Waals surface area contributed by atoms with Crippen molar-refractivity contribution in [3.8, 4) is 0 Å². The van der Waals surface area contributed by atoms with Crippen LogP contribution in [0.3, 0.4) is 0 Å². The summed E-state index contributed by atoms with van der Waals surface area (Å²) in [6.45, 7) is 5.25. The van der Waals surface area contributed by atoms with Crippen molar-refractivity contribution in [2.45, 2.75) is 52.2 Å². The molecule has 3 rings (SSSR count). The Kier molecular flexibility index (Phi) is 11.2. The summed E-state index contributed by atoms with van der Waals surface area (Å²) >= 11 is 9.68. The zero-order valence-corrected chi connectivity index (χ0v) is 26.3. The molecule has 0 heterocycles. The number of nitrogens with zero attached hydrogens (tertiary/aromatic N) is 2. The number of hydrogen-bond acceptors (Lipinski definition) is 4. The van der Waals surface area contributed by atoms with Gasteiger partial charge in [-0.1, -0.05) is 83.0 Å². The molecule has 0 radical (unpaired) electrons. The van der Waals surface area contributed by atoms with Crippen LogP contribution in [0.1, 0.15) is 37.0 Å². The summed E-state index contributed by atoms with van der Waals surface area (Å²) in [5.74, 6) is -0.809. The number of carbonyl (C=O) groups is 2. The number of halogens is 2. The van der Waals surface area contributed by atoms with Crippen molar-refractivity contribution in [1.29, 1.82) is 0 Å². The maximum absolute atomic E-state index is 14.1. The fourth-order valence-electron chi connectivity index (χ4n) is 4.27. The molecular weight excluding hydrogens is 614 g/mol. The zero-order valence-electron chi connectivity index (χ0n) is 23.1. The van der Waals surface area contributed by atoms with Crippen molar-refractivity contribution in [2.75, 3.05) is 17.1 Å². The van der Waals surface area contributed by atoms with Gasteiger partial charge in [-0.15, -0.1) is 0 Å². The first-order valence-corrected chi connectivity index (χ1v) is 16.0. The highest BCUT2D eigenvalue weighted by Gasteiger charge is 2.33. The third-order valence-corrected chi connectivity index (χ3v) is 8.49. The lowest BCUT2D eigenvalue weighted by atomic mass is 10.0. The molecule has 0 fully saturated rings. The molecule has 2 atom stereocenters. The van der Waals surface area contributed by atoms with Gasteiger partial charge in [-0.25, -0.2) is 8.42 Å². The van der Waals surface area contributed by atoms with Crippen LogP contribution in [-0.4, -0.2) is 50.0 Å². The monoisotopic (exact) mass is 647 g/mol. The summed E-state index contributed by atoms with van der Waals surface area (Å²) < 4.78 is 27.8. The number of sulfonamides is 1. The number of nitrogens with one attached hydrogen (secondary N) is 1. The molecular formula is C30H35BrClN3O4S. The summed E-state index contributed by atoms with van der Waals surface area (Å²) in [6.07, 6.45) is 2.04. The maximum Gasteiger partial charge on any atom is 0.244 e. The summed E-state index contributed by atoms with van der Waals surface area (Å²) in [7, 11) is -3.87. The Morgan fingerprint density at radius 3 is 2.30 bits per heavy atom. The van der Waals surface area contributed by atoms with Crippen LogP contribution >= 0.6 is 27.5 Å². The standard InChI is InChI=1S/C30H35BrClN3O4S/c1-5-22(3)33-30(37)28(17-23-10-7-6-8-11-23)34(19-24-12-9-13-25(31)16-24)29(36)20-35(40(4,38)39)27-18-26(32)15-14-21(27)2/h6-16,18,22,28H,5,17,19-20H2,1-4H3,(H,33,37). The number of hydrogen-bond donors (Lipinski definition) is 1. The maximum atomic E-state index is 14.1. The predicted molar refractivity (Wildman–Crippen MR) is 165 cm³/mol. The van der Waals surface area contributed by atoms with Gasteiger partial charge in [0.1, 0.15) is 12.6 Å². The van der Waals surface area contributed by atoms with E-state index in [1.54, 1.807) is 19.1 Å². The lowest BCUT2D eigenvalue weighted by molar-refractivity contribution is -0.140. The van der Waals surface area contributed by atoms with Gasteiger partial charge >= 0.3 is 0 Å². The average Bonchev–Trinajstić information content (AvgIpc) is 2.90. The van der Waals surface area contributed by atoms with Crippen molar-refractivity contribution in [2.24, 2.45) is 0 Å². The number of rotatable bonds is 12. The fourth-order valence-corrected chi connectivity index (χ4v) is 5.79. The van der Waals surface area contributed by atoms with Crippen LogP contribution in [0.2, 0.25) is 5.02 Å². The molecule has 2 amide bonds. The van der Waals surface area contributed by atoms with E-state index >= 15 is 0 Å². The van der Waals surface area contributed by atoms with Crippen LogP contribution in [0.5, 0.6) is 0 Å². The molecule has 2 unspecified atom stereocenters.